The fraction of sp³-hybridized carbons (Fsp3) is 0.174. The number of nitrogens with zero attached hydrogens (tertiary/aromatic N) is 1. The summed E-state index contributed by atoms with van der Waals surface area (Å²) < 4.78 is 11.9. The van der Waals surface area contributed by atoms with Crippen LogP contribution < -0.4 is 14.8 Å². The second-order valence-electron chi connectivity index (χ2n) is 7.34. The number of rotatable bonds is 3. The van der Waals surface area contributed by atoms with Crippen molar-refractivity contribution in [3.05, 3.63) is 85.8 Å². The molecular formula is C23H17BrCl2N2O3. The van der Waals surface area contributed by atoms with Gasteiger partial charge in [-0.25, -0.2) is 0 Å². The number of aromatic hydroxyl groups is 1. The molecule has 2 aliphatic heterocycles. The van der Waals surface area contributed by atoms with E-state index in [2.05, 4.69) is 21.2 Å². The molecule has 31 heavy (non-hydrogen) atoms. The van der Waals surface area contributed by atoms with Crippen LogP contribution in [0.4, 0.5) is 0 Å². The second kappa shape index (κ2) is 8.36. The van der Waals surface area contributed by atoms with Gasteiger partial charge in [0.25, 0.3) is 0 Å². The second-order valence-corrected chi connectivity index (χ2v) is 9.10. The van der Waals surface area contributed by atoms with E-state index in [0.717, 1.165) is 32.6 Å². The quantitative estimate of drug-likeness (QED) is 0.419. The van der Waals surface area contributed by atoms with Crippen molar-refractivity contribution in [1.29, 1.82) is 0 Å². The smallest absolute Gasteiger partial charge is 0.231 e. The number of fused-ring (bicyclic) bond motifs is 1. The van der Waals surface area contributed by atoms with Gasteiger partial charge in [0.05, 0.1) is 0 Å². The lowest BCUT2D eigenvalue weighted by Crippen LogP contribution is -2.33. The van der Waals surface area contributed by atoms with Gasteiger partial charge in [-0.3, -0.25) is 10.3 Å². The van der Waals surface area contributed by atoms with E-state index in [1.54, 1.807) is 18.2 Å². The molecule has 0 fully saturated rings. The molecule has 0 unspecified atom stereocenters. The molecule has 0 radical (unpaired) electrons. The fourth-order valence-corrected chi connectivity index (χ4v) is 4.73. The highest BCUT2D eigenvalue weighted by Gasteiger charge is 2.29. The van der Waals surface area contributed by atoms with E-state index < -0.39 is 6.17 Å². The Hall–Kier alpha value is -2.25. The number of hydrogen-bond acceptors (Lipinski definition) is 5. The molecule has 5 nitrogen and oxygen atoms in total. The summed E-state index contributed by atoms with van der Waals surface area (Å²) in [5, 5.41) is 15.1. The normalized spacial score (nSPS) is 19.9. The average Bonchev–Trinajstić information content (AvgIpc) is 3.23. The van der Waals surface area contributed by atoms with Crippen molar-refractivity contribution in [1.82, 2.24) is 5.32 Å². The maximum Gasteiger partial charge on any atom is 0.231 e. The number of benzene rings is 3. The topological polar surface area (TPSA) is 63.1 Å². The van der Waals surface area contributed by atoms with Crippen LogP contribution in [0, 0.1) is 0 Å². The molecule has 0 saturated heterocycles. The Balaban J connectivity index is 1.59. The zero-order valence-corrected chi connectivity index (χ0v) is 19.2. The van der Waals surface area contributed by atoms with Gasteiger partial charge in [-0.15, -0.1) is 0 Å². The maximum atomic E-state index is 10.5. The minimum atomic E-state index is -0.415. The number of hydrogen-bond donors (Lipinski definition) is 2. The van der Waals surface area contributed by atoms with E-state index >= 15 is 0 Å². The molecule has 158 valence electrons. The minimum Gasteiger partial charge on any atom is -0.508 e. The van der Waals surface area contributed by atoms with Crippen LogP contribution in [0.3, 0.4) is 0 Å². The third-order valence-corrected chi connectivity index (χ3v) is 6.43. The van der Waals surface area contributed by atoms with Gasteiger partial charge < -0.3 is 14.6 Å². The van der Waals surface area contributed by atoms with E-state index in [1.807, 2.05) is 36.4 Å². The third kappa shape index (κ3) is 4.13. The summed E-state index contributed by atoms with van der Waals surface area (Å²) >= 11 is 16.1. The molecule has 0 spiro atoms. The first-order valence-electron chi connectivity index (χ1n) is 9.64. The van der Waals surface area contributed by atoms with Gasteiger partial charge in [0.15, 0.2) is 11.5 Å². The van der Waals surface area contributed by atoms with Crippen LogP contribution in [0.25, 0.3) is 0 Å². The number of aliphatic imine (C=N–C) groups is 1. The Kier molecular flexibility index (Phi) is 5.56. The van der Waals surface area contributed by atoms with Crippen molar-refractivity contribution in [3.63, 3.8) is 0 Å². The highest BCUT2D eigenvalue weighted by Crippen LogP contribution is 2.39. The molecule has 0 amide bonds. The van der Waals surface area contributed by atoms with E-state index in [-0.39, 0.29) is 18.6 Å². The zero-order chi connectivity index (χ0) is 21.5. The zero-order valence-electron chi connectivity index (χ0n) is 16.1. The van der Waals surface area contributed by atoms with Gasteiger partial charge in [-0.2, -0.15) is 0 Å². The molecule has 0 aliphatic carbocycles. The Morgan fingerprint density at radius 2 is 1.81 bits per heavy atom. The standard InChI is InChI=1S/C23H17BrCl2N2O3/c24-13-2-5-20(29)16(8-13)19-10-18(12-1-6-21-22(7-12)31-11-30-21)27-23(28-19)15-4-3-14(25)9-17(15)26/h1-9,19,23,28-29H,10-11H2/t19-,23+/m1/s1. The average molecular weight is 520 g/mol. The Labute approximate surface area is 197 Å². The number of nitrogens with one attached hydrogen (secondary N) is 1. The van der Waals surface area contributed by atoms with Crippen LogP contribution in [0.1, 0.15) is 35.3 Å². The van der Waals surface area contributed by atoms with E-state index in [4.69, 9.17) is 37.7 Å². The predicted molar refractivity (Wildman–Crippen MR) is 125 cm³/mol. The van der Waals surface area contributed by atoms with Gasteiger partial charge in [0, 0.05) is 43.8 Å². The lowest BCUT2D eigenvalue weighted by molar-refractivity contribution is 0.174. The summed E-state index contributed by atoms with van der Waals surface area (Å²) in [7, 11) is 0. The van der Waals surface area contributed by atoms with Crippen LogP contribution >= 0.6 is 39.1 Å². The summed E-state index contributed by atoms with van der Waals surface area (Å²) in [5.41, 5.74) is 3.39. The van der Waals surface area contributed by atoms with Gasteiger partial charge >= 0.3 is 0 Å². The van der Waals surface area contributed by atoms with E-state index in [1.165, 1.54) is 0 Å². The van der Waals surface area contributed by atoms with Crippen LogP contribution in [0.2, 0.25) is 10.0 Å². The lowest BCUT2D eigenvalue weighted by Gasteiger charge is -2.31. The monoisotopic (exact) mass is 518 g/mol. The van der Waals surface area contributed by atoms with Crippen LogP contribution in [-0.2, 0) is 0 Å². The molecule has 2 N–H and O–H groups in total. The number of phenolic OH excluding ortho intramolecular Hbond substituents is 1. The minimum absolute atomic E-state index is 0.188. The molecule has 2 heterocycles. The SMILES string of the molecule is Oc1ccc(Br)cc1[C@H]1CC(c2ccc3c(c2)OCO3)=N[C@H](c2ccc(Cl)cc2Cl)N1. The largest absolute Gasteiger partial charge is 0.508 e. The maximum absolute atomic E-state index is 10.5. The first kappa shape index (κ1) is 20.6. The van der Waals surface area contributed by atoms with Crippen LogP contribution in [-0.4, -0.2) is 17.6 Å². The molecule has 2 atom stereocenters. The summed E-state index contributed by atoms with van der Waals surface area (Å²) in [6.07, 6.45) is 0.160. The molecule has 2 aliphatic rings. The van der Waals surface area contributed by atoms with Gasteiger partial charge in [0.2, 0.25) is 6.79 Å². The highest BCUT2D eigenvalue weighted by molar-refractivity contribution is 9.10. The Bertz CT molecular complexity index is 1200. The molecular weight excluding hydrogens is 503 g/mol. The molecule has 0 aromatic heterocycles. The summed E-state index contributed by atoms with van der Waals surface area (Å²) in [5.74, 6) is 1.63. The van der Waals surface area contributed by atoms with Crippen molar-refractivity contribution in [2.24, 2.45) is 4.99 Å². The van der Waals surface area contributed by atoms with Crippen molar-refractivity contribution in [2.45, 2.75) is 18.6 Å². The molecule has 3 aromatic rings. The van der Waals surface area contributed by atoms with Crippen LogP contribution in [0.15, 0.2) is 64.1 Å². The van der Waals surface area contributed by atoms with E-state index in [0.29, 0.717) is 22.2 Å². The van der Waals surface area contributed by atoms with Gasteiger partial charge in [-0.1, -0.05) is 45.2 Å². The molecule has 5 rings (SSSR count). The van der Waals surface area contributed by atoms with Crippen molar-refractivity contribution in [2.75, 3.05) is 6.79 Å². The van der Waals surface area contributed by atoms with Crippen molar-refractivity contribution in [3.8, 4) is 17.2 Å². The van der Waals surface area contributed by atoms with Gasteiger partial charge in [0.1, 0.15) is 11.9 Å². The van der Waals surface area contributed by atoms with E-state index in [9.17, 15) is 5.11 Å². The summed E-state index contributed by atoms with van der Waals surface area (Å²) in [6.45, 7) is 0.213. The number of ether oxygens (including phenoxy) is 2. The molecule has 0 bridgehead atoms. The fourth-order valence-electron chi connectivity index (χ4n) is 3.84. The first-order chi connectivity index (χ1) is 15.0. The molecule has 0 saturated carbocycles. The number of halogens is 3. The van der Waals surface area contributed by atoms with Crippen LogP contribution in [0.5, 0.6) is 17.2 Å². The molecule has 3 aromatic carbocycles. The third-order valence-electron chi connectivity index (χ3n) is 5.37. The highest BCUT2D eigenvalue weighted by atomic mass is 79.9. The molecule has 8 heteroatoms. The van der Waals surface area contributed by atoms with Crippen molar-refractivity contribution < 1.29 is 14.6 Å². The Morgan fingerprint density at radius 1 is 0.968 bits per heavy atom. The van der Waals surface area contributed by atoms with Gasteiger partial charge in [-0.05, 0) is 54.1 Å². The number of phenols is 1. The van der Waals surface area contributed by atoms with Crippen molar-refractivity contribution >= 4 is 44.8 Å². The Morgan fingerprint density at radius 3 is 2.65 bits per heavy atom. The summed E-state index contributed by atoms with van der Waals surface area (Å²) in [6, 6.07) is 16.4. The predicted octanol–water partition coefficient (Wildman–Crippen LogP) is 6.41. The summed E-state index contributed by atoms with van der Waals surface area (Å²) in [4.78, 5) is 4.95. The first-order valence-corrected chi connectivity index (χ1v) is 11.2. The lowest BCUT2D eigenvalue weighted by atomic mass is 9.93.